The van der Waals surface area contributed by atoms with E-state index >= 15 is 0 Å². The molecule has 0 aromatic heterocycles. The molecule has 2 fully saturated rings. The van der Waals surface area contributed by atoms with Gasteiger partial charge < -0.3 is 10.4 Å². The molecule has 2 bridgehead atoms. The van der Waals surface area contributed by atoms with Crippen LogP contribution in [0, 0.1) is 16.7 Å². The molecule has 0 heterocycles. The molecule has 2 unspecified atom stereocenters. The van der Waals surface area contributed by atoms with Gasteiger partial charge in [-0.3, -0.25) is 0 Å². The molecule has 0 spiro atoms. The van der Waals surface area contributed by atoms with E-state index in [1.54, 1.807) is 0 Å². The topological polar surface area (TPSA) is 32.3 Å². The second kappa shape index (κ2) is 3.23. The molecule has 2 N–H and O–H groups in total. The van der Waals surface area contributed by atoms with Gasteiger partial charge in [0.15, 0.2) is 0 Å². The van der Waals surface area contributed by atoms with Gasteiger partial charge in [0.2, 0.25) is 0 Å². The van der Waals surface area contributed by atoms with Crippen molar-refractivity contribution in [3.8, 4) is 0 Å². The highest BCUT2D eigenvalue weighted by atomic mass is 16.3. The van der Waals surface area contributed by atoms with Crippen LogP contribution in [0.2, 0.25) is 0 Å². The lowest BCUT2D eigenvalue weighted by Crippen LogP contribution is -2.53. The van der Waals surface area contributed by atoms with Gasteiger partial charge in [0.1, 0.15) is 0 Å². The van der Waals surface area contributed by atoms with E-state index in [1.807, 2.05) is 0 Å². The van der Waals surface area contributed by atoms with Gasteiger partial charge in [-0.15, -0.1) is 0 Å². The number of aliphatic hydroxyl groups excluding tert-OH is 1. The summed E-state index contributed by atoms with van der Waals surface area (Å²) in [6, 6.07) is 0.272. The monoisotopic (exact) mass is 225 g/mol. The molecule has 0 aromatic rings. The van der Waals surface area contributed by atoms with Crippen molar-refractivity contribution in [3.63, 3.8) is 0 Å². The molecular weight excluding hydrogens is 198 g/mol. The first-order chi connectivity index (χ1) is 7.09. The van der Waals surface area contributed by atoms with Crippen LogP contribution in [-0.4, -0.2) is 22.8 Å². The van der Waals surface area contributed by atoms with Gasteiger partial charge in [-0.25, -0.2) is 0 Å². The average Bonchev–Trinajstić information content (AvgIpc) is 2.38. The number of nitrogens with one attached hydrogen (secondary N) is 1. The number of aliphatic hydroxyl groups is 1. The summed E-state index contributed by atoms with van der Waals surface area (Å²) in [5, 5.41) is 14.2. The van der Waals surface area contributed by atoms with Gasteiger partial charge in [-0.2, -0.15) is 0 Å². The Morgan fingerprint density at radius 3 is 2.12 bits per heavy atom. The third kappa shape index (κ3) is 1.46. The van der Waals surface area contributed by atoms with Crippen molar-refractivity contribution in [3.05, 3.63) is 0 Å². The van der Waals surface area contributed by atoms with Crippen molar-refractivity contribution in [1.82, 2.24) is 5.32 Å². The SMILES string of the molecule is CC(C)(C)N[C@@H]1C2CCC(C)([C@@H]1O)C2(C)C. The van der Waals surface area contributed by atoms with Crippen LogP contribution in [0.4, 0.5) is 0 Å². The maximum Gasteiger partial charge on any atom is 0.0754 e. The zero-order valence-electron chi connectivity index (χ0n) is 11.6. The van der Waals surface area contributed by atoms with Crippen molar-refractivity contribution in [2.24, 2.45) is 16.7 Å². The molecule has 2 aliphatic rings. The Morgan fingerprint density at radius 1 is 1.19 bits per heavy atom. The predicted molar refractivity (Wildman–Crippen MR) is 67.3 cm³/mol. The molecular formula is C14H27NO. The molecule has 0 aliphatic heterocycles. The fourth-order valence-corrected chi connectivity index (χ4v) is 4.02. The molecule has 0 saturated heterocycles. The molecule has 2 aliphatic carbocycles. The number of fused-ring (bicyclic) bond motifs is 2. The van der Waals surface area contributed by atoms with E-state index in [2.05, 4.69) is 46.9 Å². The van der Waals surface area contributed by atoms with Gasteiger partial charge in [-0.1, -0.05) is 20.8 Å². The van der Waals surface area contributed by atoms with E-state index in [-0.39, 0.29) is 28.5 Å². The van der Waals surface area contributed by atoms with Crippen LogP contribution in [-0.2, 0) is 0 Å². The Labute approximate surface area is 99.8 Å². The average molecular weight is 225 g/mol. The van der Waals surface area contributed by atoms with Crippen molar-refractivity contribution in [2.45, 2.75) is 72.1 Å². The summed E-state index contributed by atoms with van der Waals surface area (Å²) < 4.78 is 0. The van der Waals surface area contributed by atoms with Crippen LogP contribution in [0.15, 0.2) is 0 Å². The van der Waals surface area contributed by atoms with E-state index in [9.17, 15) is 5.11 Å². The smallest absolute Gasteiger partial charge is 0.0754 e. The number of hydrogen-bond donors (Lipinski definition) is 2. The minimum absolute atomic E-state index is 0.0859. The molecule has 2 nitrogen and oxygen atoms in total. The zero-order chi connectivity index (χ0) is 12.4. The van der Waals surface area contributed by atoms with Gasteiger partial charge in [0, 0.05) is 17.0 Å². The number of rotatable bonds is 1. The van der Waals surface area contributed by atoms with Gasteiger partial charge in [-0.05, 0) is 44.9 Å². The predicted octanol–water partition coefficient (Wildman–Crippen LogP) is 2.56. The largest absolute Gasteiger partial charge is 0.391 e. The highest BCUT2D eigenvalue weighted by Gasteiger charge is 2.66. The van der Waals surface area contributed by atoms with E-state index in [0.717, 1.165) is 0 Å². The minimum atomic E-state index is -0.194. The molecule has 2 heteroatoms. The van der Waals surface area contributed by atoms with E-state index in [1.165, 1.54) is 12.8 Å². The van der Waals surface area contributed by atoms with Crippen molar-refractivity contribution in [1.29, 1.82) is 0 Å². The highest BCUT2D eigenvalue weighted by Crippen LogP contribution is 2.65. The van der Waals surface area contributed by atoms with Crippen LogP contribution < -0.4 is 5.32 Å². The summed E-state index contributed by atoms with van der Waals surface area (Å²) in [5.74, 6) is 0.617. The van der Waals surface area contributed by atoms with Crippen LogP contribution in [0.3, 0.4) is 0 Å². The lowest BCUT2D eigenvalue weighted by atomic mass is 9.70. The Morgan fingerprint density at radius 2 is 1.75 bits per heavy atom. The number of hydrogen-bond acceptors (Lipinski definition) is 2. The first-order valence-corrected chi connectivity index (χ1v) is 6.55. The molecule has 16 heavy (non-hydrogen) atoms. The summed E-state index contributed by atoms with van der Waals surface area (Å²) in [6.45, 7) is 13.5. The van der Waals surface area contributed by atoms with Crippen molar-refractivity contribution in [2.75, 3.05) is 0 Å². The van der Waals surface area contributed by atoms with E-state index in [4.69, 9.17) is 0 Å². The first-order valence-electron chi connectivity index (χ1n) is 6.55. The quantitative estimate of drug-likeness (QED) is 0.719. The second-order valence-corrected chi connectivity index (χ2v) is 7.65. The fourth-order valence-electron chi connectivity index (χ4n) is 4.02. The first kappa shape index (κ1) is 12.4. The summed E-state index contributed by atoms with van der Waals surface area (Å²) in [7, 11) is 0. The summed E-state index contributed by atoms with van der Waals surface area (Å²) in [4.78, 5) is 0. The molecule has 0 amide bonds. The Bertz CT molecular complexity index is 292. The maximum atomic E-state index is 10.6. The van der Waals surface area contributed by atoms with Crippen LogP contribution >= 0.6 is 0 Å². The highest BCUT2D eigenvalue weighted by molar-refractivity contribution is 5.17. The van der Waals surface area contributed by atoms with Crippen LogP contribution in [0.5, 0.6) is 0 Å². The van der Waals surface area contributed by atoms with Gasteiger partial charge in [0.25, 0.3) is 0 Å². The molecule has 0 aromatic carbocycles. The molecule has 94 valence electrons. The second-order valence-electron chi connectivity index (χ2n) is 7.65. The molecule has 2 saturated carbocycles. The van der Waals surface area contributed by atoms with Crippen LogP contribution in [0.25, 0.3) is 0 Å². The molecule has 4 atom stereocenters. The molecule has 2 rings (SSSR count). The Balaban J connectivity index is 2.26. The Hall–Kier alpha value is -0.0800. The standard InChI is InChI=1S/C14H27NO/c1-12(2,3)15-10-9-7-8-14(6,11(10)16)13(9,4)5/h9-11,15-16H,7-8H2,1-6H3/t9?,10-,11-,14?/m1/s1. The lowest BCUT2D eigenvalue weighted by molar-refractivity contribution is -0.00385. The summed E-state index contributed by atoms with van der Waals surface area (Å²) in [6.07, 6.45) is 2.24. The third-order valence-corrected chi connectivity index (χ3v) is 5.40. The summed E-state index contributed by atoms with van der Waals surface area (Å²) in [5.41, 5.74) is 0.443. The van der Waals surface area contributed by atoms with Crippen molar-refractivity contribution < 1.29 is 5.11 Å². The van der Waals surface area contributed by atoms with E-state index in [0.29, 0.717) is 5.92 Å². The maximum absolute atomic E-state index is 10.6. The van der Waals surface area contributed by atoms with Crippen LogP contribution in [0.1, 0.15) is 54.4 Å². The lowest BCUT2D eigenvalue weighted by Gasteiger charge is -2.38. The van der Waals surface area contributed by atoms with Crippen molar-refractivity contribution >= 4 is 0 Å². The van der Waals surface area contributed by atoms with E-state index < -0.39 is 0 Å². The Kier molecular flexibility index (Phi) is 2.50. The normalized spacial score (nSPS) is 46.3. The fraction of sp³-hybridized carbons (Fsp3) is 1.00. The van der Waals surface area contributed by atoms with Gasteiger partial charge in [0.05, 0.1) is 6.10 Å². The summed E-state index contributed by atoms with van der Waals surface area (Å²) >= 11 is 0. The minimum Gasteiger partial charge on any atom is -0.391 e. The zero-order valence-corrected chi connectivity index (χ0v) is 11.6. The molecule has 0 radical (unpaired) electrons. The van der Waals surface area contributed by atoms with Gasteiger partial charge >= 0.3 is 0 Å². The third-order valence-electron chi connectivity index (χ3n) is 5.40.